The summed E-state index contributed by atoms with van der Waals surface area (Å²) in [4.78, 5) is 57.8. The van der Waals surface area contributed by atoms with Gasteiger partial charge in [0.15, 0.2) is 0 Å². The number of nitrogens with one attached hydrogen (secondary N) is 2. The summed E-state index contributed by atoms with van der Waals surface area (Å²) in [7, 11) is 0. The Morgan fingerprint density at radius 3 is 2.62 bits per heavy atom. The highest BCUT2D eigenvalue weighted by molar-refractivity contribution is 5.94. The highest BCUT2D eigenvalue weighted by atomic mass is 16.2. The Labute approximate surface area is 225 Å². The first-order chi connectivity index (χ1) is 18.7. The topological polar surface area (TPSA) is 142 Å². The van der Waals surface area contributed by atoms with Crippen LogP contribution < -0.4 is 21.9 Å². The van der Waals surface area contributed by atoms with Gasteiger partial charge in [-0.25, -0.2) is 14.6 Å². The summed E-state index contributed by atoms with van der Waals surface area (Å²) in [6.45, 7) is 5.08. The lowest BCUT2D eigenvalue weighted by Gasteiger charge is -2.33. The minimum absolute atomic E-state index is 0.133. The molecule has 2 aromatic heterocycles. The zero-order valence-electron chi connectivity index (χ0n) is 22.0. The van der Waals surface area contributed by atoms with Crippen molar-refractivity contribution in [1.29, 1.82) is 5.26 Å². The van der Waals surface area contributed by atoms with Crippen molar-refractivity contribution in [2.24, 2.45) is 5.92 Å². The number of hydrogen-bond donors (Lipinski definition) is 2. The maximum absolute atomic E-state index is 13.3. The van der Waals surface area contributed by atoms with Crippen LogP contribution in [-0.2, 0) is 6.54 Å². The molecule has 2 N–H and O–H groups in total. The van der Waals surface area contributed by atoms with Gasteiger partial charge in [-0.05, 0) is 75.8 Å². The summed E-state index contributed by atoms with van der Waals surface area (Å²) in [6.07, 6.45) is 4.81. The molecule has 5 rings (SSSR count). The highest BCUT2D eigenvalue weighted by Gasteiger charge is 2.27. The number of anilines is 1. The van der Waals surface area contributed by atoms with Crippen molar-refractivity contribution in [2.45, 2.75) is 58.2 Å². The lowest BCUT2D eigenvalue weighted by molar-refractivity contribution is 0.0908. The molecule has 1 saturated heterocycles. The molecule has 2 aliphatic rings. The number of pyridine rings is 1. The molecule has 1 aliphatic heterocycles. The largest absolute Gasteiger partial charge is 0.346 e. The molecular formula is C28H31N7O4. The van der Waals surface area contributed by atoms with Crippen LogP contribution in [0.25, 0.3) is 10.9 Å². The second kappa shape index (κ2) is 10.7. The third-order valence-corrected chi connectivity index (χ3v) is 7.24. The molecule has 0 spiro atoms. The Hall–Kier alpha value is -4.46. The molecule has 3 heterocycles. The quantitative estimate of drug-likeness (QED) is 0.503. The maximum atomic E-state index is 13.3. The molecule has 11 nitrogen and oxygen atoms in total. The lowest BCUT2D eigenvalue weighted by Crippen LogP contribution is -2.50. The number of likely N-dealkylation sites (tertiary alicyclic amines) is 1. The average molecular weight is 530 g/mol. The summed E-state index contributed by atoms with van der Waals surface area (Å²) >= 11 is 0. The van der Waals surface area contributed by atoms with Crippen molar-refractivity contribution in [1.82, 2.24) is 24.3 Å². The van der Waals surface area contributed by atoms with Gasteiger partial charge in [0.05, 0.1) is 16.5 Å². The third kappa shape index (κ3) is 5.55. The number of rotatable bonds is 6. The van der Waals surface area contributed by atoms with E-state index in [9.17, 15) is 19.2 Å². The normalized spacial score (nSPS) is 17.2. The monoisotopic (exact) mass is 529 g/mol. The van der Waals surface area contributed by atoms with Crippen LogP contribution in [0.5, 0.6) is 0 Å². The number of carbonyl (C=O) groups excluding carboxylic acids is 2. The van der Waals surface area contributed by atoms with Crippen molar-refractivity contribution < 1.29 is 9.59 Å². The van der Waals surface area contributed by atoms with Gasteiger partial charge in [0.2, 0.25) is 0 Å². The number of nitrogens with zero attached hydrogens (tertiary/aromatic N) is 5. The average Bonchev–Trinajstić information content (AvgIpc) is 3.76. The van der Waals surface area contributed by atoms with E-state index in [2.05, 4.69) is 15.6 Å². The van der Waals surface area contributed by atoms with Crippen molar-refractivity contribution in [3.63, 3.8) is 0 Å². The Balaban J connectivity index is 1.31. The molecule has 1 atom stereocenters. The Morgan fingerprint density at radius 1 is 1.15 bits per heavy atom. The number of fused-ring (bicyclic) bond motifs is 1. The van der Waals surface area contributed by atoms with Gasteiger partial charge >= 0.3 is 11.7 Å². The molecular weight excluding hydrogens is 498 g/mol. The number of aromatic nitrogens is 3. The number of hydrogen-bond acceptors (Lipinski definition) is 6. The van der Waals surface area contributed by atoms with E-state index in [1.54, 1.807) is 27.7 Å². The molecule has 11 heteroatoms. The molecule has 3 aromatic rings. The van der Waals surface area contributed by atoms with Gasteiger partial charge in [0.1, 0.15) is 11.8 Å². The number of nitriles is 1. The van der Waals surface area contributed by atoms with E-state index < -0.39 is 0 Å². The van der Waals surface area contributed by atoms with Gasteiger partial charge < -0.3 is 15.5 Å². The van der Waals surface area contributed by atoms with E-state index in [0.29, 0.717) is 54.1 Å². The van der Waals surface area contributed by atoms with Crippen LogP contribution in [-0.4, -0.2) is 50.1 Å². The fourth-order valence-electron chi connectivity index (χ4n) is 5.01. The Bertz CT molecular complexity index is 1580. The number of carbonyl (C=O) groups is 2. The van der Waals surface area contributed by atoms with Crippen molar-refractivity contribution in [2.75, 3.05) is 18.4 Å². The summed E-state index contributed by atoms with van der Waals surface area (Å²) in [5, 5.41) is 15.1. The smallest absolute Gasteiger partial charge is 0.331 e. The molecule has 202 valence electrons. The first kappa shape index (κ1) is 26.2. The van der Waals surface area contributed by atoms with Gasteiger partial charge in [-0.2, -0.15) is 5.26 Å². The van der Waals surface area contributed by atoms with Crippen LogP contribution >= 0.6 is 0 Å². The molecule has 1 saturated carbocycles. The SMILES string of the molecule is CC(C)n1c(=O)n(CC2CC2)c(=O)c2cc(NC(=O)N3CCC[C@@H](NC(=O)c4ccc(C#N)cn4)C3)ccc21. The third-order valence-electron chi connectivity index (χ3n) is 7.24. The van der Waals surface area contributed by atoms with E-state index >= 15 is 0 Å². The van der Waals surface area contributed by atoms with E-state index in [0.717, 1.165) is 19.3 Å². The van der Waals surface area contributed by atoms with Crippen molar-refractivity contribution in [3.8, 4) is 6.07 Å². The van der Waals surface area contributed by atoms with Gasteiger partial charge in [-0.3, -0.25) is 18.7 Å². The van der Waals surface area contributed by atoms with E-state index in [-0.39, 0.29) is 41.0 Å². The van der Waals surface area contributed by atoms with E-state index in [4.69, 9.17) is 5.26 Å². The van der Waals surface area contributed by atoms with Gasteiger partial charge in [-0.15, -0.1) is 0 Å². The Morgan fingerprint density at radius 2 is 1.95 bits per heavy atom. The van der Waals surface area contributed by atoms with Gasteiger partial charge in [-0.1, -0.05) is 0 Å². The number of piperidine rings is 1. The predicted molar refractivity (Wildman–Crippen MR) is 146 cm³/mol. The van der Waals surface area contributed by atoms with Crippen LogP contribution in [0.2, 0.25) is 0 Å². The molecule has 1 aromatic carbocycles. The second-order valence-electron chi connectivity index (χ2n) is 10.6. The van der Waals surface area contributed by atoms with Gasteiger partial charge in [0, 0.05) is 43.6 Å². The number of benzene rings is 1. The van der Waals surface area contributed by atoms with Crippen molar-refractivity contribution in [3.05, 3.63) is 68.6 Å². The number of amides is 3. The first-order valence-corrected chi connectivity index (χ1v) is 13.3. The molecule has 0 unspecified atom stereocenters. The molecule has 1 aliphatic carbocycles. The minimum atomic E-state index is -0.361. The van der Waals surface area contributed by atoms with E-state index in [1.807, 2.05) is 19.9 Å². The summed E-state index contributed by atoms with van der Waals surface area (Å²) < 4.78 is 2.96. The highest BCUT2D eigenvalue weighted by Crippen LogP contribution is 2.30. The van der Waals surface area contributed by atoms with E-state index in [1.165, 1.54) is 22.9 Å². The fraction of sp³-hybridized carbons (Fsp3) is 0.429. The molecule has 0 bridgehead atoms. The van der Waals surface area contributed by atoms with Crippen LogP contribution in [0.1, 0.15) is 61.6 Å². The van der Waals surface area contributed by atoms with Crippen LogP contribution in [0.3, 0.4) is 0 Å². The van der Waals surface area contributed by atoms with Crippen LogP contribution in [0.4, 0.5) is 10.5 Å². The first-order valence-electron chi connectivity index (χ1n) is 13.3. The van der Waals surface area contributed by atoms with Crippen molar-refractivity contribution >= 4 is 28.5 Å². The fourth-order valence-corrected chi connectivity index (χ4v) is 5.01. The lowest BCUT2D eigenvalue weighted by atomic mass is 10.1. The van der Waals surface area contributed by atoms with Gasteiger partial charge in [0.25, 0.3) is 11.5 Å². The number of urea groups is 1. The zero-order valence-corrected chi connectivity index (χ0v) is 22.0. The maximum Gasteiger partial charge on any atom is 0.331 e. The summed E-state index contributed by atoms with van der Waals surface area (Å²) in [6, 6.07) is 9.33. The molecule has 0 radical (unpaired) electrons. The second-order valence-corrected chi connectivity index (χ2v) is 10.6. The van der Waals surface area contributed by atoms with Crippen LogP contribution in [0.15, 0.2) is 46.1 Å². The standard InChI is InChI=1S/C28H31N7O4/c1-17(2)35-24-10-8-20(12-22(24)26(37)34(28(35)39)15-18-5-6-18)32-27(38)33-11-3-4-21(16-33)31-25(36)23-9-7-19(13-29)14-30-23/h7-10,12,14,17-18,21H,3-6,11,15-16H2,1-2H3,(H,31,36)(H,32,38)/t21-/m1/s1. The minimum Gasteiger partial charge on any atom is -0.346 e. The molecule has 2 fully saturated rings. The summed E-state index contributed by atoms with van der Waals surface area (Å²) in [5.41, 5.74) is 0.941. The molecule has 3 amide bonds. The molecule has 39 heavy (non-hydrogen) atoms. The zero-order chi connectivity index (χ0) is 27.7. The predicted octanol–water partition coefficient (Wildman–Crippen LogP) is 2.85. The Kier molecular flexibility index (Phi) is 7.19. The summed E-state index contributed by atoms with van der Waals surface area (Å²) in [5.74, 6) is -0.00321. The van der Waals surface area contributed by atoms with Crippen LogP contribution in [0, 0.1) is 17.2 Å².